The van der Waals surface area contributed by atoms with Crippen molar-refractivity contribution in [1.82, 2.24) is 15.0 Å². The Morgan fingerprint density at radius 3 is 2.44 bits per heavy atom. The lowest BCUT2D eigenvalue weighted by molar-refractivity contribution is -0.255. The van der Waals surface area contributed by atoms with Gasteiger partial charge in [0.25, 0.3) is 5.91 Å². The fourth-order valence-corrected chi connectivity index (χ4v) is 2.49. The highest BCUT2D eigenvalue weighted by Gasteiger charge is 2.18. The van der Waals surface area contributed by atoms with Crippen LogP contribution in [-0.4, -0.2) is 26.9 Å². The van der Waals surface area contributed by atoms with Crippen LogP contribution < -0.4 is 10.4 Å². The number of nitrogens with zero attached hydrogens (tertiary/aromatic N) is 3. The number of nitrogens with one attached hydrogen (secondary N) is 1. The molecule has 1 N–H and O–H groups in total. The molecule has 25 heavy (non-hydrogen) atoms. The predicted molar refractivity (Wildman–Crippen MR) is 89.8 cm³/mol. The molecular formula is C17H12ClN4O3-. The summed E-state index contributed by atoms with van der Waals surface area (Å²) in [5.74, 6) is -1.74. The molecule has 0 aliphatic carbocycles. The van der Waals surface area contributed by atoms with Gasteiger partial charge in [-0.05, 0) is 36.8 Å². The summed E-state index contributed by atoms with van der Waals surface area (Å²) < 4.78 is 1.48. The molecule has 1 amide bonds. The van der Waals surface area contributed by atoms with Crippen LogP contribution in [0.5, 0.6) is 0 Å². The van der Waals surface area contributed by atoms with Crippen LogP contribution in [0.1, 0.15) is 26.5 Å². The zero-order valence-corrected chi connectivity index (χ0v) is 13.8. The Kier molecular flexibility index (Phi) is 4.49. The standard InChI is InChI=1S/C17H13ClN4O3/c1-10-15(20-21-22(10)14-5-3-2-4-13(14)18)16(23)19-12-8-6-11(7-9-12)17(24)25/h2-9H,1H3,(H,19,23)(H,24,25)/p-1. The summed E-state index contributed by atoms with van der Waals surface area (Å²) in [7, 11) is 0. The van der Waals surface area contributed by atoms with Gasteiger partial charge in [-0.3, -0.25) is 4.79 Å². The van der Waals surface area contributed by atoms with Gasteiger partial charge in [0.2, 0.25) is 0 Å². The lowest BCUT2D eigenvalue weighted by Crippen LogP contribution is -2.22. The summed E-state index contributed by atoms with van der Waals surface area (Å²) >= 11 is 6.15. The fraction of sp³-hybridized carbons (Fsp3) is 0.0588. The molecule has 0 aliphatic rings. The van der Waals surface area contributed by atoms with E-state index in [0.29, 0.717) is 22.1 Å². The van der Waals surface area contributed by atoms with Gasteiger partial charge in [-0.25, -0.2) is 4.68 Å². The quantitative estimate of drug-likeness (QED) is 0.769. The highest BCUT2D eigenvalue weighted by molar-refractivity contribution is 6.32. The van der Waals surface area contributed by atoms with Crippen molar-refractivity contribution in [3.63, 3.8) is 0 Å². The summed E-state index contributed by atoms with van der Waals surface area (Å²) in [5.41, 5.74) is 1.74. The molecule has 0 aliphatic heterocycles. The van der Waals surface area contributed by atoms with Crippen molar-refractivity contribution in [2.45, 2.75) is 6.92 Å². The molecule has 7 nitrogen and oxygen atoms in total. The largest absolute Gasteiger partial charge is 0.545 e. The van der Waals surface area contributed by atoms with Crippen LogP contribution in [0, 0.1) is 6.92 Å². The molecule has 3 aromatic rings. The van der Waals surface area contributed by atoms with E-state index in [4.69, 9.17) is 11.6 Å². The van der Waals surface area contributed by atoms with E-state index in [-0.39, 0.29) is 11.3 Å². The normalized spacial score (nSPS) is 10.5. The van der Waals surface area contributed by atoms with Crippen LogP contribution in [-0.2, 0) is 0 Å². The lowest BCUT2D eigenvalue weighted by Gasteiger charge is -2.07. The minimum Gasteiger partial charge on any atom is -0.545 e. The van der Waals surface area contributed by atoms with Crippen molar-refractivity contribution in [2.24, 2.45) is 0 Å². The molecular weight excluding hydrogens is 344 g/mol. The monoisotopic (exact) mass is 355 g/mol. The van der Waals surface area contributed by atoms with Crippen molar-refractivity contribution in [2.75, 3.05) is 5.32 Å². The third-order valence-corrected chi connectivity index (χ3v) is 3.89. The van der Waals surface area contributed by atoms with Crippen molar-refractivity contribution in [3.8, 4) is 5.69 Å². The number of carbonyl (C=O) groups is 2. The fourth-order valence-electron chi connectivity index (χ4n) is 2.27. The van der Waals surface area contributed by atoms with Crippen LogP contribution in [0.4, 0.5) is 5.69 Å². The van der Waals surface area contributed by atoms with Crippen LogP contribution in [0.3, 0.4) is 0 Å². The van der Waals surface area contributed by atoms with Gasteiger partial charge in [0.1, 0.15) is 0 Å². The highest BCUT2D eigenvalue weighted by atomic mass is 35.5. The molecule has 1 heterocycles. The first kappa shape index (κ1) is 16.7. The van der Waals surface area contributed by atoms with Crippen molar-refractivity contribution >= 4 is 29.2 Å². The van der Waals surface area contributed by atoms with Crippen molar-refractivity contribution in [3.05, 3.63) is 70.5 Å². The van der Waals surface area contributed by atoms with E-state index in [1.165, 1.54) is 28.9 Å². The number of benzene rings is 2. The maximum Gasteiger partial charge on any atom is 0.278 e. The summed E-state index contributed by atoms with van der Waals surface area (Å²) in [6.45, 7) is 1.71. The molecule has 0 bridgehead atoms. The van der Waals surface area contributed by atoms with E-state index >= 15 is 0 Å². The van der Waals surface area contributed by atoms with E-state index in [9.17, 15) is 14.7 Å². The lowest BCUT2D eigenvalue weighted by atomic mass is 10.2. The number of rotatable bonds is 4. The van der Waals surface area contributed by atoms with Gasteiger partial charge < -0.3 is 15.2 Å². The van der Waals surface area contributed by atoms with E-state index in [0.717, 1.165) is 0 Å². The van der Waals surface area contributed by atoms with Gasteiger partial charge in [-0.2, -0.15) is 0 Å². The van der Waals surface area contributed by atoms with Crippen molar-refractivity contribution < 1.29 is 14.7 Å². The number of halogens is 1. The average molecular weight is 356 g/mol. The van der Waals surface area contributed by atoms with Gasteiger partial charge in [0.15, 0.2) is 5.69 Å². The van der Waals surface area contributed by atoms with Gasteiger partial charge in [0.05, 0.1) is 22.4 Å². The van der Waals surface area contributed by atoms with Gasteiger partial charge in [-0.15, -0.1) is 5.10 Å². The molecule has 3 rings (SSSR count). The maximum atomic E-state index is 12.4. The molecule has 126 valence electrons. The minimum atomic E-state index is -1.28. The second kappa shape index (κ2) is 6.74. The molecule has 0 unspecified atom stereocenters. The van der Waals surface area contributed by atoms with E-state index in [2.05, 4.69) is 15.6 Å². The van der Waals surface area contributed by atoms with E-state index < -0.39 is 11.9 Å². The zero-order chi connectivity index (χ0) is 18.0. The Bertz CT molecular complexity index is 951. The SMILES string of the molecule is Cc1c(C(=O)Nc2ccc(C(=O)[O-])cc2)nnn1-c1ccccc1Cl. The molecule has 0 saturated heterocycles. The number of carbonyl (C=O) groups excluding carboxylic acids is 2. The number of hydrogen-bond donors (Lipinski definition) is 1. The van der Waals surface area contributed by atoms with Crippen LogP contribution in [0.2, 0.25) is 5.02 Å². The second-order valence-corrected chi connectivity index (χ2v) is 5.61. The van der Waals surface area contributed by atoms with E-state index in [1.54, 1.807) is 31.2 Å². The first-order valence-electron chi connectivity index (χ1n) is 7.27. The van der Waals surface area contributed by atoms with Crippen LogP contribution in [0.25, 0.3) is 5.69 Å². The number of carboxylic acids is 1. The molecule has 0 fully saturated rings. The topological polar surface area (TPSA) is 99.9 Å². The molecule has 8 heteroatoms. The van der Waals surface area contributed by atoms with Crippen LogP contribution >= 0.6 is 11.6 Å². The number of amides is 1. The Morgan fingerprint density at radius 1 is 1.12 bits per heavy atom. The third kappa shape index (κ3) is 3.36. The second-order valence-electron chi connectivity index (χ2n) is 5.21. The average Bonchev–Trinajstić information content (AvgIpc) is 2.97. The Hall–Kier alpha value is -3.19. The first-order valence-corrected chi connectivity index (χ1v) is 7.65. The smallest absolute Gasteiger partial charge is 0.278 e. The summed E-state index contributed by atoms with van der Waals surface area (Å²) in [5, 5.41) is 21.8. The number of aromatic carboxylic acids is 1. The van der Waals surface area contributed by atoms with Crippen LogP contribution in [0.15, 0.2) is 48.5 Å². The van der Waals surface area contributed by atoms with Gasteiger partial charge in [-0.1, -0.05) is 41.1 Å². The number of carboxylic acid groups (broad SMARTS) is 1. The zero-order valence-electron chi connectivity index (χ0n) is 13.1. The Labute approximate surface area is 147 Å². The van der Waals surface area contributed by atoms with Crippen molar-refractivity contribution in [1.29, 1.82) is 0 Å². The minimum absolute atomic E-state index is 0.0267. The molecule has 1 aromatic heterocycles. The highest BCUT2D eigenvalue weighted by Crippen LogP contribution is 2.21. The third-order valence-electron chi connectivity index (χ3n) is 3.57. The van der Waals surface area contributed by atoms with E-state index in [1.807, 2.05) is 0 Å². The number of anilines is 1. The number of hydrogen-bond acceptors (Lipinski definition) is 5. The number of para-hydroxylation sites is 1. The summed E-state index contributed by atoms with van der Waals surface area (Å²) in [6, 6.07) is 12.7. The maximum absolute atomic E-state index is 12.4. The molecule has 0 radical (unpaired) electrons. The molecule has 2 aromatic carbocycles. The van der Waals surface area contributed by atoms with Gasteiger partial charge >= 0.3 is 0 Å². The number of aromatic nitrogens is 3. The molecule has 0 saturated carbocycles. The molecule has 0 spiro atoms. The summed E-state index contributed by atoms with van der Waals surface area (Å²) in [4.78, 5) is 23.1. The summed E-state index contributed by atoms with van der Waals surface area (Å²) in [6.07, 6.45) is 0. The Balaban J connectivity index is 1.84. The molecule has 0 atom stereocenters. The first-order chi connectivity index (χ1) is 12.0. The Morgan fingerprint density at radius 2 is 1.80 bits per heavy atom. The predicted octanol–water partition coefficient (Wildman–Crippen LogP) is 1.84. The van der Waals surface area contributed by atoms with Gasteiger partial charge in [0, 0.05) is 5.69 Å².